The van der Waals surface area contributed by atoms with Crippen molar-refractivity contribution >= 4 is 10.9 Å². The van der Waals surface area contributed by atoms with Gasteiger partial charge in [0.15, 0.2) is 0 Å². The quantitative estimate of drug-likeness (QED) is 0.378. The summed E-state index contributed by atoms with van der Waals surface area (Å²) in [5.41, 5.74) is 3.56. The molecule has 0 aliphatic heterocycles. The van der Waals surface area contributed by atoms with E-state index >= 15 is 0 Å². The lowest BCUT2D eigenvalue weighted by molar-refractivity contribution is 0.290. The fourth-order valence-corrected chi connectivity index (χ4v) is 3.43. The first-order chi connectivity index (χ1) is 16.3. The number of hydrogen-bond donors (Lipinski definition) is 1. The smallest absolute Gasteiger partial charge is 0.204 e. The Kier molecular flexibility index (Phi) is 5.79. The van der Waals surface area contributed by atoms with E-state index in [-0.39, 0.29) is 0 Å². The second-order valence-electron chi connectivity index (χ2n) is 7.31. The zero-order chi connectivity index (χ0) is 22.5. The number of fused-ring (bicyclic) bond motifs is 1. The lowest BCUT2D eigenvalue weighted by Crippen LogP contribution is -2.00. The highest BCUT2D eigenvalue weighted by Crippen LogP contribution is 2.27. The van der Waals surface area contributed by atoms with Crippen molar-refractivity contribution in [2.24, 2.45) is 0 Å². The van der Waals surface area contributed by atoms with Crippen LogP contribution in [0, 0.1) is 0 Å². The highest BCUT2D eigenvalue weighted by atomic mass is 16.5. The second kappa shape index (κ2) is 9.35. The molecule has 0 aliphatic rings. The molecule has 0 unspecified atom stereocenters. The van der Waals surface area contributed by atoms with Crippen LogP contribution in [0.5, 0.6) is 17.2 Å². The fourth-order valence-electron chi connectivity index (χ4n) is 3.43. The molecule has 5 rings (SSSR count). The lowest BCUT2D eigenvalue weighted by Gasteiger charge is -2.12. The van der Waals surface area contributed by atoms with Gasteiger partial charge in [-0.2, -0.15) is 5.21 Å². The Balaban J connectivity index is 1.19. The van der Waals surface area contributed by atoms with Crippen molar-refractivity contribution in [2.45, 2.75) is 13.2 Å². The van der Waals surface area contributed by atoms with Crippen molar-refractivity contribution < 1.29 is 14.2 Å². The molecular formula is C25H21N5O3. The molecule has 0 radical (unpaired) electrons. The van der Waals surface area contributed by atoms with Crippen LogP contribution in [0.15, 0.2) is 78.9 Å². The molecule has 1 N–H and O–H groups in total. The van der Waals surface area contributed by atoms with E-state index in [1.807, 2.05) is 72.8 Å². The first-order valence-corrected chi connectivity index (χ1v) is 10.4. The molecule has 164 valence electrons. The Morgan fingerprint density at radius 1 is 0.818 bits per heavy atom. The van der Waals surface area contributed by atoms with Crippen LogP contribution in [0.4, 0.5) is 0 Å². The largest absolute Gasteiger partial charge is 0.496 e. The Bertz CT molecular complexity index is 1350. The molecule has 8 nitrogen and oxygen atoms in total. The van der Waals surface area contributed by atoms with Crippen LogP contribution >= 0.6 is 0 Å². The van der Waals surface area contributed by atoms with E-state index in [0.29, 0.717) is 24.8 Å². The number of aromatic nitrogens is 5. The highest BCUT2D eigenvalue weighted by molar-refractivity contribution is 5.78. The summed E-state index contributed by atoms with van der Waals surface area (Å²) in [5.74, 6) is 2.69. The van der Waals surface area contributed by atoms with E-state index < -0.39 is 0 Å². The maximum atomic E-state index is 5.93. The molecule has 0 atom stereocenters. The first kappa shape index (κ1) is 20.4. The minimum Gasteiger partial charge on any atom is -0.496 e. The number of rotatable bonds is 8. The van der Waals surface area contributed by atoms with Crippen LogP contribution < -0.4 is 14.2 Å². The summed E-state index contributed by atoms with van der Waals surface area (Å²) in [7, 11) is 1.62. The summed E-state index contributed by atoms with van der Waals surface area (Å²) in [6.07, 6.45) is 0. The molecule has 0 aliphatic carbocycles. The molecule has 33 heavy (non-hydrogen) atoms. The van der Waals surface area contributed by atoms with Gasteiger partial charge in [-0.15, -0.1) is 10.2 Å². The number of para-hydroxylation sites is 1. The zero-order valence-corrected chi connectivity index (χ0v) is 17.9. The number of ether oxygens (including phenoxy) is 3. The number of nitrogens with zero attached hydrogens (tertiary/aromatic N) is 4. The summed E-state index contributed by atoms with van der Waals surface area (Å²) in [5, 5.41) is 15.1. The van der Waals surface area contributed by atoms with E-state index in [4.69, 9.17) is 14.2 Å². The van der Waals surface area contributed by atoms with Gasteiger partial charge in [-0.1, -0.05) is 36.4 Å². The number of aromatic amines is 1. The van der Waals surface area contributed by atoms with Crippen molar-refractivity contribution in [3.8, 4) is 28.6 Å². The SMILES string of the molecule is COc1cc(-c2nn[nH]n2)ccc1COc1ccc(OCc2ccc3ccccc3n2)cc1. The molecule has 0 bridgehead atoms. The lowest BCUT2D eigenvalue weighted by atomic mass is 10.1. The normalized spacial score (nSPS) is 10.8. The van der Waals surface area contributed by atoms with E-state index in [9.17, 15) is 0 Å². The third kappa shape index (κ3) is 4.74. The maximum Gasteiger partial charge on any atom is 0.204 e. The van der Waals surface area contributed by atoms with E-state index in [2.05, 4.69) is 31.7 Å². The number of benzene rings is 3. The zero-order valence-electron chi connectivity index (χ0n) is 17.9. The van der Waals surface area contributed by atoms with E-state index in [0.717, 1.165) is 39.2 Å². The van der Waals surface area contributed by atoms with Gasteiger partial charge in [-0.25, -0.2) is 4.98 Å². The van der Waals surface area contributed by atoms with Crippen LogP contribution in [-0.4, -0.2) is 32.7 Å². The molecule has 2 heterocycles. The van der Waals surface area contributed by atoms with Crippen LogP contribution in [-0.2, 0) is 13.2 Å². The topological polar surface area (TPSA) is 95.0 Å². The minimum atomic E-state index is 0.358. The Morgan fingerprint density at radius 3 is 2.36 bits per heavy atom. The van der Waals surface area contributed by atoms with Gasteiger partial charge in [-0.3, -0.25) is 0 Å². The van der Waals surface area contributed by atoms with Gasteiger partial charge in [-0.05, 0) is 47.7 Å². The van der Waals surface area contributed by atoms with Gasteiger partial charge in [0.05, 0.1) is 18.3 Å². The third-order valence-electron chi connectivity index (χ3n) is 5.15. The molecule has 3 aromatic carbocycles. The summed E-state index contributed by atoms with van der Waals surface area (Å²) in [4.78, 5) is 4.63. The average Bonchev–Trinajstić information content (AvgIpc) is 3.42. The van der Waals surface area contributed by atoms with Crippen molar-refractivity contribution in [3.63, 3.8) is 0 Å². The van der Waals surface area contributed by atoms with Gasteiger partial charge < -0.3 is 14.2 Å². The van der Waals surface area contributed by atoms with Crippen LogP contribution in [0.1, 0.15) is 11.3 Å². The molecule has 2 aromatic heterocycles. The molecule has 0 spiro atoms. The molecule has 0 fully saturated rings. The maximum absolute atomic E-state index is 5.93. The van der Waals surface area contributed by atoms with Gasteiger partial charge in [0, 0.05) is 16.5 Å². The third-order valence-corrected chi connectivity index (χ3v) is 5.15. The predicted octanol–water partition coefficient (Wildman–Crippen LogP) is 4.58. The molecule has 0 amide bonds. The van der Waals surface area contributed by atoms with Crippen LogP contribution in [0.25, 0.3) is 22.3 Å². The van der Waals surface area contributed by atoms with Crippen LogP contribution in [0.2, 0.25) is 0 Å². The summed E-state index contributed by atoms with van der Waals surface area (Å²) in [6.45, 7) is 0.756. The molecular weight excluding hydrogens is 418 g/mol. The van der Waals surface area contributed by atoms with E-state index in [1.54, 1.807) is 7.11 Å². The van der Waals surface area contributed by atoms with Gasteiger partial charge in [0.2, 0.25) is 5.82 Å². The number of tetrazole rings is 1. The molecule has 0 saturated heterocycles. The average molecular weight is 439 g/mol. The standard InChI is InChI=1S/C25H21N5O3/c1-31-24-14-18(25-27-29-30-28-25)6-7-19(24)15-32-21-10-12-22(13-11-21)33-16-20-9-8-17-4-2-3-5-23(17)26-20/h2-14H,15-16H2,1H3,(H,27,28,29,30). The van der Waals surface area contributed by atoms with Gasteiger partial charge >= 0.3 is 0 Å². The van der Waals surface area contributed by atoms with Crippen molar-refractivity contribution in [1.29, 1.82) is 0 Å². The number of hydrogen-bond acceptors (Lipinski definition) is 7. The summed E-state index contributed by atoms with van der Waals surface area (Å²) < 4.78 is 17.3. The molecule has 5 aromatic rings. The van der Waals surface area contributed by atoms with E-state index in [1.165, 1.54) is 0 Å². The number of pyridine rings is 1. The Labute approximate surface area is 190 Å². The van der Waals surface area contributed by atoms with Crippen molar-refractivity contribution in [2.75, 3.05) is 7.11 Å². The van der Waals surface area contributed by atoms with Crippen molar-refractivity contribution in [3.05, 3.63) is 90.1 Å². The molecule has 8 heteroatoms. The van der Waals surface area contributed by atoms with Crippen molar-refractivity contribution in [1.82, 2.24) is 25.6 Å². The number of H-pyrrole nitrogens is 1. The summed E-state index contributed by atoms with van der Waals surface area (Å²) >= 11 is 0. The number of nitrogens with one attached hydrogen (secondary N) is 1. The van der Waals surface area contributed by atoms with Gasteiger partial charge in [0.1, 0.15) is 30.5 Å². The van der Waals surface area contributed by atoms with Gasteiger partial charge in [0.25, 0.3) is 0 Å². The number of methoxy groups -OCH3 is 1. The minimum absolute atomic E-state index is 0.358. The van der Waals surface area contributed by atoms with Crippen LogP contribution in [0.3, 0.4) is 0 Å². The first-order valence-electron chi connectivity index (χ1n) is 10.4. The predicted molar refractivity (Wildman–Crippen MR) is 123 cm³/mol. The molecule has 0 saturated carbocycles. The summed E-state index contributed by atoms with van der Waals surface area (Å²) in [6, 6.07) is 25.3. The Hall–Kier alpha value is -4.46. The monoisotopic (exact) mass is 439 g/mol. The highest BCUT2D eigenvalue weighted by Gasteiger charge is 2.10. The Morgan fingerprint density at radius 2 is 1.61 bits per heavy atom. The fraction of sp³-hybridized carbons (Fsp3) is 0.120. The second-order valence-corrected chi connectivity index (χ2v) is 7.31.